The Kier molecular flexibility index (Phi) is 22.3. The first-order valence-electron chi connectivity index (χ1n) is 20.9. The van der Waals surface area contributed by atoms with E-state index in [0.29, 0.717) is 22.8 Å². The van der Waals surface area contributed by atoms with E-state index in [4.69, 9.17) is 5.73 Å². The van der Waals surface area contributed by atoms with Gasteiger partial charge in [0, 0.05) is 29.8 Å². The van der Waals surface area contributed by atoms with Crippen molar-refractivity contribution < 1.29 is 43.5 Å². The minimum atomic E-state index is -0.674. The van der Waals surface area contributed by atoms with Gasteiger partial charge in [-0.1, -0.05) is 113 Å². The summed E-state index contributed by atoms with van der Waals surface area (Å²) >= 11 is 0. The van der Waals surface area contributed by atoms with Gasteiger partial charge in [-0.25, -0.2) is 4.68 Å². The van der Waals surface area contributed by atoms with Crippen LogP contribution in [0.1, 0.15) is 91.6 Å². The second-order valence-electron chi connectivity index (χ2n) is 14.5. The SMILES string of the molecule is CC1=NN(c2ccccc2)C(=O)C1=NN=C1C=CC(N([O-])[O-])=CC1=O.CCCCCCCCCCCCCN.Cc1nn(-c2ccccc2)c([O-])c1N=Nc1ccc([N+](=O)[O-])cc1[O-].[Cr+3].[H+]. The number of hydrogen-bond acceptors (Lipinski definition) is 16. The molecule has 4 aromatic rings. The van der Waals surface area contributed by atoms with Crippen molar-refractivity contribution in [3.05, 3.63) is 129 Å². The Morgan fingerprint density at radius 1 is 0.785 bits per heavy atom. The van der Waals surface area contributed by atoms with Gasteiger partial charge in [0.05, 0.1) is 33.4 Å². The third-order valence-electron chi connectivity index (χ3n) is 9.61. The number of carbonyl (C=O) groups is 2. The van der Waals surface area contributed by atoms with Crippen molar-refractivity contribution in [1.82, 2.24) is 15.0 Å². The van der Waals surface area contributed by atoms with Crippen LogP contribution in [0.3, 0.4) is 0 Å². The number of hydrazone groups is 1. The van der Waals surface area contributed by atoms with Gasteiger partial charge in [0.2, 0.25) is 5.78 Å². The van der Waals surface area contributed by atoms with Gasteiger partial charge >= 0.3 is 24.7 Å². The first kappa shape index (κ1) is 52.7. The first-order chi connectivity index (χ1) is 30.9. The molecule has 1 aliphatic carbocycles. The molecule has 341 valence electrons. The van der Waals surface area contributed by atoms with Gasteiger partial charge in [0.1, 0.15) is 11.4 Å². The van der Waals surface area contributed by atoms with Crippen molar-refractivity contribution >= 4 is 51.6 Å². The minimum absolute atomic E-state index is 0. The van der Waals surface area contributed by atoms with Gasteiger partial charge in [-0.3, -0.25) is 19.7 Å². The average molecular weight is 927 g/mol. The number of nitro benzene ring substituents is 1. The van der Waals surface area contributed by atoms with Crippen LogP contribution in [0.25, 0.3) is 5.69 Å². The number of amides is 1. The number of unbranched alkanes of at least 4 members (excludes halogenated alkanes) is 10. The number of rotatable bonds is 18. The van der Waals surface area contributed by atoms with Crippen LogP contribution in [0.15, 0.2) is 128 Å². The number of para-hydroxylation sites is 2. The number of anilines is 1. The van der Waals surface area contributed by atoms with Gasteiger partial charge in [-0.2, -0.15) is 20.3 Å². The van der Waals surface area contributed by atoms with Gasteiger partial charge in [-0.15, -0.1) is 15.3 Å². The largest absolute Gasteiger partial charge is 3.00 e. The van der Waals surface area contributed by atoms with E-state index >= 15 is 0 Å². The number of nitrogens with zero attached hydrogens (tertiary/aromatic N) is 10. The zero-order valence-electron chi connectivity index (χ0n) is 37.4. The Morgan fingerprint density at radius 2 is 1.37 bits per heavy atom. The molecular weight excluding hydrogens is 875 g/mol. The summed E-state index contributed by atoms with van der Waals surface area (Å²) in [7, 11) is 0. The Bertz CT molecular complexity index is 2380. The van der Waals surface area contributed by atoms with Gasteiger partial charge in [-0.05, 0) is 69.3 Å². The molecule has 0 bridgehead atoms. The summed E-state index contributed by atoms with van der Waals surface area (Å²) in [6, 6.07) is 20.8. The molecule has 0 unspecified atom stereocenters. The zero-order chi connectivity index (χ0) is 46.4. The third kappa shape index (κ3) is 16.1. The molecule has 0 saturated heterocycles. The van der Waals surface area contributed by atoms with E-state index in [0.717, 1.165) is 30.8 Å². The molecule has 20 heteroatoms. The van der Waals surface area contributed by atoms with Gasteiger partial charge in [0.15, 0.2) is 5.71 Å². The Morgan fingerprint density at radius 3 is 1.91 bits per heavy atom. The van der Waals surface area contributed by atoms with E-state index < -0.39 is 33.5 Å². The number of carbonyl (C=O) groups excluding carboxylic acids is 2. The fraction of sp³-hybridized carbons (Fsp3) is 0.333. The predicted molar refractivity (Wildman–Crippen MR) is 244 cm³/mol. The number of ketones is 1. The second kappa shape index (κ2) is 27.5. The third-order valence-corrected chi connectivity index (χ3v) is 9.61. The van der Waals surface area contributed by atoms with E-state index in [-0.39, 0.29) is 53.0 Å². The van der Waals surface area contributed by atoms with Crippen LogP contribution in [-0.2, 0) is 27.0 Å². The number of aryl methyl sites for hydroxylation is 1. The Balaban J connectivity index is 0.000000350. The molecule has 1 radical (unpaired) electrons. The molecule has 0 atom stereocenters. The van der Waals surface area contributed by atoms with Gasteiger partial charge in [0.25, 0.3) is 5.69 Å². The molecular formula is C45H52CrN11O8. The molecule has 1 aliphatic heterocycles. The van der Waals surface area contributed by atoms with E-state index in [1.165, 1.54) is 92.5 Å². The molecule has 0 saturated carbocycles. The fourth-order valence-electron chi connectivity index (χ4n) is 6.13. The van der Waals surface area contributed by atoms with E-state index in [9.17, 15) is 40.3 Å². The molecule has 1 aromatic heterocycles. The van der Waals surface area contributed by atoms with Crippen molar-refractivity contribution in [3.63, 3.8) is 0 Å². The maximum atomic E-state index is 12.4. The minimum Gasteiger partial charge on any atom is -0.871 e. The number of allylic oxidation sites excluding steroid dienone is 3. The van der Waals surface area contributed by atoms with Crippen molar-refractivity contribution in [2.45, 2.75) is 91.4 Å². The van der Waals surface area contributed by atoms with Crippen LogP contribution in [0.4, 0.5) is 22.7 Å². The zero-order valence-corrected chi connectivity index (χ0v) is 37.7. The topological polar surface area (TPSA) is 282 Å². The maximum absolute atomic E-state index is 12.4. The van der Waals surface area contributed by atoms with Crippen LogP contribution in [-0.4, -0.2) is 55.3 Å². The summed E-state index contributed by atoms with van der Waals surface area (Å²) < 4.78 is 1.19. The van der Waals surface area contributed by atoms with E-state index in [1.54, 1.807) is 62.4 Å². The van der Waals surface area contributed by atoms with Crippen LogP contribution < -0.4 is 21.0 Å². The van der Waals surface area contributed by atoms with Crippen LogP contribution in [0, 0.1) is 27.5 Å². The molecule has 3 aromatic carbocycles. The standard InChI is InChI=1S/C16H13N5O4.C16H11N5O4.C13H29N.Cr/c2*1-10-15(16(23)20(19-10)11-5-3-2-4-6-11)18-17-13-8-7-12(21(24)25)9-14(13)22;1-2-3-4-5-6-7-8-9-10-11-12-13-14;/h2-9,22-23H,1H3;2-9H,1H3;2-14H2,1H3;/q;-2;;+3/p-1. The summed E-state index contributed by atoms with van der Waals surface area (Å²) in [6.45, 7) is 6.35. The molecule has 6 rings (SSSR count). The van der Waals surface area contributed by atoms with Crippen LogP contribution >= 0.6 is 0 Å². The van der Waals surface area contributed by atoms with E-state index in [1.807, 2.05) is 12.1 Å². The number of azo groups is 1. The number of nitrogens with two attached hydrogens (primary N) is 1. The molecule has 0 spiro atoms. The van der Waals surface area contributed by atoms with Crippen molar-refractivity contribution in [2.75, 3.05) is 11.6 Å². The number of hydroxylamine groups is 2. The second-order valence-corrected chi connectivity index (χ2v) is 14.5. The maximum Gasteiger partial charge on any atom is 3.00 e. The van der Waals surface area contributed by atoms with Crippen LogP contribution in [0.2, 0.25) is 0 Å². The smallest absolute Gasteiger partial charge is 0.871 e. The summed E-state index contributed by atoms with van der Waals surface area (Å²) in [6.07, 6.45) is 18.6. The molecule has 2 aliphatic rings. The quantitative estimate of drug-likeness (QED) is 0.0324. The molecule has 2 N–H and O–H groups in total. The van der Waals surface area contributed by atoms with Crippen molar-refractivity contribution in [1.29, 1.82) is 0 Å². The molecule has 0 fully saturated rings. The summed E-state index contributed by atoms with van der Waals surface area (Å²) in [5.41, 5.74) is 6.44. The van der Waals surface area contributed by atoms with Crippen LogP contribution in [0.5, 0.6) is 11.6 Å². The van der Waals surface area contributed by atoms with E-state index in [2.05, 4.69) is 37.6 Å². The molecule has 2 heterocycles. The Hall–Kier alpha value is -6.69. The molecule has 65 heavy (non-hydrogen) atoms. The number of benzene rings is 3. The normalized spacial score (nSPS) is 14.4. The van der Waals surface area contributed by atoms with Gasteiger partial charge < -0.3 is 31.6 Å². The average Bonchev–Trinajstić information content (AvgIpc) is 3.75. The predicted octanol–water partition coefficient (Wildman–Crippen LogP) is 8.54. The Labute approximate surface area is 389 Å². The van der Waals surface area contributed by atoms with Crippen molar-refractivity contribution in [3.8, 4) is 17.3 Å². The fourth-order valence-corrected chi connectivity index (χ4v) is 6.13. The number of aromatic nitrogens is 2. The number of hydrogen-bond donors (Lipinski definition) is 1. The number of nitro groups is 1. The summed E-state index contributed by atoms with van der Waals surface area (Å²) in [5, 5.41) is 80.0. The number of non-ortho nitro benzene ring substituents is 1. The summed E-state index contributed by atoms with van der Waals surface area (Å²) in [4.78, 5) is 34.2. The monoisotopic (exact) mass is 926 g/mol. The first-order valence-corrected chi connectivity index (χ1v) is 20.9. The van der Waals surface area contributed by atoms with Crippen molar-refractivity contribution in [2.24, 2.45) is 31.3 Å². The summed E-state index contributed by atoms with van der Waals surface area (Å²) in [5.74, 6) is -2.25. The molecule has 1 amide bonds. The molecule has 19 nitrogen and oxygen atoms in total.